The van der Waals surface area contributed by atoms with Gasteiger partial charge in [-0.05, 0) is 43.9 Å². The molecule has 2 aromatic carbocycles. The SMILES string of the molecule is CC(NC(=O)Cc1ccccc1)c1nc2ccccc2n1CC(=O)N1CCCCC1. The Hall–Kier alpha value is -3.15. The van der Waals surface area contributed by atoms with Gasteiger partial charge in [0.2, 0.25) is 11.8 Å². The van der Waals surface area contributed by atoms with Crippen molar-refractivity contribution < 1.29 is 9.59 Å². The number of rotatable bonds is 6. The van der Waals surface area contributed by atoms with Crippen LogP contribution in [0.15, 0.2) is 54.6 Å². The maximum atomic E-state index is 12.9. The van der Waals surface area contributed by atoms with E-state index in [2.05, 4.69) is 5.32 Å². The Morgan fingerprint density at radius 3 is 2.47 bits per heavy atom. The largest absolute Gasteiger partial charge is 0.346 e. The van der Waals surface area contributed by atoms with Crippen molar-refractivity contribution in [3.8, 4) is 0 Å². The van der Waals surface area contributed by atoms with Gasteiger partial charge in [-0.1, -0.05) is 42.5 Å². The minimum absolute atomic E-state index is 0.0605. The van der Waals surface area contributed by atoms with Gasteiger partial charge in [0.1, 0.15) is 12.4 Å². The molecule has 1 atom stereocenters. The van der Waals surface area contributed by atoms with Crippen molar-refractivity contribution in [2.75, 3.05) is 13.1 Å². The Kier molecular flexibility index (Phi) is 6.12. The zero-order chi connectivity index (χ0) is 20.9. The van der Waals surface area contributed by atoms with Crippen LogP contribution in [0.25, 0.3) is 11.0 Å². The van der Waals surface area contributed by atoms with Gasteiger partial charge in [0.05, 0.1) is 23.5 Å². The number of nitrogens with one attached hydrogen (secondary N) is 1. The van der Waals surface area contributed by atoms with Crippen LogP contribution >= 0.6 is 0 Å². The Morgan fingerprint density at radius 2 is 1.70 bits per heavy atom. The highest BCUT2D eigenvalue weighted by Crippen LogP contribution is 2.22. The third kappa shape index (κ3) is 4.53. The van der Waals surface area contributed by atoms with Gasteiger partial charge in [0, 0.05) is 13.1 Å². The molecule has 2 amide bonds. The van der Waals surface area contributed by atoms with Crippen LogP contribution in [-0.2, 0) is 22.6 Å². The molecule has 1 saturated heterocycles. The molecule has 156 valence electrons. The molecule has 1 aromatic heterocycles. The van der Waals surface area contributed by atoms with Crippen LogP contribution in [0.2, 0.25) is 0 Å². The van der Waals surface area contributed by atoms with Crippen LogP contribution in [0, 0.1) is 0 Å². The van der Waals surface area contributed by atoms with Crippen LogP contribution < -0.4 is 5.32 Å². The van der Waals surface area contributed by atoms with Gasteiger partial charge in [0.15, 0.2) is 0 Å². The van der Waals surface area contributed by atoms with E-state index in [4.69, 9.17) is 4.98 Å². The number of amides is 2. The van der Waals surface area contributed by atoms with E-state index in [9.17, 15) is 9.59 Å². The summed E-state index contributed by atoms with van der Waals surface area (Å²) < 4.78 is 1.96. The molecule has 6 heteroatoms. The number of nitrogens with zero attached hydrogens (tertiary/aromatic N) is 3. The molecule has 4 rings (SSSR count). The summed E-state index contributed by atoms with van der Waals surface area (Å²) in [6.07, 6.45) is 3.63. The van der Waals surface area contributed by atoms with Crippen molar-refractivity contribution in [3.05, 3.63) is 66.0 Å². The van der Waals surface area contributed by atoms with Crippen molar-refractivity contribution in [2.24, 2.45) is 0 Å². The van der Waals surface area contributed by atoms with Gasteiger partial charge in [-0.15, -0.1) is 0 Å². The summed E-state index contributed by atoms with van der Waals surface area (Å²) in [6, 6.07) is 17.2. The minimum atomic E-state index is -0.303. The Bertz CT molecular complexity index is 1020. The lowest BCUT2D eigenvalue weighted by Gasteiger charge is -2.27. The highest BCUT2D eigenvalue weighted by atomic mass is 16.2. The number of para-hydroxylation sites is 2. The number of fused-ring (bicyclic) bond motifs is 1. The summed E-state index contributed by atoms with van der Waals surface area (Å²) in [5.74, 6) is 0.763. The van der Waals surface area contributed by atoms with E-state index >= 15 is 0 Å². The highest BCUT2D eigenvalue weighted by molar-refractivity contribution is 5.82. The topological polar surface area (TPSA) is 67.2 Å². The van der Waals surface area contributed by atoms with Crippen molar-refractivity contribution in [3.63, 3.8) is 0 Å². The third-order valence-electron chi connectivity index (χ3n) is 5.66. The average Bonchev–Trinajstić information content (AvgIpc) is 3.13. The maximum Gasteiger partial charge on any atom is 0.242 e. The molecule has 2 heterocycles. The molecule has 1 aliphatic rings. The van der Waals surface area contributed by atoms with Gasteiger partial charge >= 0.3 is 0 Å². The number of carbonyl (C=O) groups is 2. The number of hydrogen-bond donors (Lipinski definition) is 1. The molecule has 1 fully saturated rings. The monoisotopic (exact) mass is 404 g/mol. The number of benzene rings is 2. The summed E-state index contributed by atoms with van der Waals surface area (Å²) in [5, 5.41) is 3.05. The van der Waals surface area contributed by atoms with E-state index in [0.29, 0.717) is 12.2 Å². The number of carbonyl (C=O) groups excluding carboxylic acids is 2. The predicted molar refractivity (Wildman–Crippen MR) is 117 cm³/mol. The number of hydrogen-bond acceptors (Lipinski definition) is 3. The lowest BCUT2D eigenvalue weighted by Crippen LogP contribution is -2.38. The number of piperidine rings is 1. The van der Waals surface area contributed by atoms with Crippen LogP contribution in [-0.4, -0.2) is 39.4 Å². The second kappa shape index (κ2) is 9.11. The quantitative estimate of drug-likeness (QED) is 0.684. The lowest BCUT2D eigenvalue weighted by atomic mass is 10.1. The molecule has 30 heavy (non-hydrogen) atoms. The zero-order valence-corrected chi connectivity index (χ0v) is 17.4. The van der Waals surface area contributed by atoms with Gasteiger partial charge in [-0.25, -0.2) is 4.98 Å². The normalized spacial score (nSPS) is 15.2. The number of likely N-dealkylation sites (tertiary alicyclic amines) is 1. The molecule has 0 spiro atoms. The molecule has 0 aliphatic carbocycles. The number of imidazole rings is 1. The lowest BCUT2D eigenvalue weighted by molar-refractivity contribution is -0.132. The summed E-state index contributed by atoms with van der Waals surface area (Å²) in [5.41, 5.74) is 2.72. The van der Waals surface area contributed by atoms with Crippen molar-refractivity contribution in [2.45, 2.75) is 45.2 Å². The van der Waals surface area contributed by atoms with Crippen LogP contribution in [0.1, 0.15) is 43.6 Å². The molecule has 0 bridgehead atoms. The average molecular weight is 405 g/mol. The first-order valence-corrected chi connectivity index (χ1v) is 10.7. The fourth-order valence-electron chi connectivity index (χ4n) is 4.11. The van der Waals surface area contributed by atoms with E-state index in [0.717, 1.165) is 42.5 Å². The minimum Gasteiger partial charge on any atom is -0.346 e. The standard InChI is InChI=1S/C24H28N4O2/c1-18(25-22(29)16-19-10-4-2-5-11-19)24-26-20-12-6-7-13-21(20)28(24)17-23(30)27-14-8-3-9-15-27/h2,4-7,10-13,18H,3,8-9,14-17H2,1H3,(H,25,29). The highest BCUT2D eigenvalue weighted by Gasteiger charge is 2.23. The van der Waals surface area contributed by atoms with Crippen LogP contribution in [0.5, 0.6) is 0 Å². The van der Waals surface area contributed by atoms with Gasteiger partial charge in [0.25, 0.3) is 0 Å². The molecule has 1 N–H and O–H groups in total. The first kappa shape index (κ1) is 20.1. The van der Waals surface area contributed by atoms with Crippen LogP contribution in [0.3, 0.4) is 0 Å². The third-order valence-corrected chi connectivity index (χ3v) is 5.66. The first-order valence-electron chi connectivity index (χ1n) is 10.7. The zero-order valence-electron chi connectivity index (χ0n) is 17.4. The van der Waals surface area contributed by atoms with E-state index in [1.165, 1.54) is 6.42 Å². The van der Waals surface area contributed by atoms with E-state index in [1.807, 2.05) is 71.0 Å². The van der Waals surface area contributed by atoms with Crippen molar-refractivity contribution in [1.82, 2.24) is 19.8 Å². The van der Waals surface area contributed by atoms with Crippen LogP contribution in [0.4, 0.5) is 0 Å². The number of aromatic nitrogens is 2. The molecule has 3 aromatic rings. The van der Waals surface area contributed by atoms with Crippen molar-refractivity contribution in [1.29, 1.82) is 0 Å². The molecule has 0 saturated carbocycles. The fraction of sp³-hybridized carbons (Fsp3) is 0.375. The first-order chi connectivity index (χ1) is 14.6. The smallest absolute Gasteiger partial charge is 0.242 e. The molecule has 1 unspecified atom stereocenters. The van der Waals surface area contributed by atoms with E-state index < -0.39 is 0 Å². The Morgan fingerprint density at radius 1 is 1.00 bits per heavy atom. The van der Waals surface area contributed by atoms with Crippen molar-refractivity contribution >= 4 is 22.8 Å². The predicted octanol–water partition coefficient (Wildman–Crippen LogP) is 3.47. The maximum absolute atomic E-state index is 12.9. The molecule has 6 nitrogen and oxygen atoms in total. The summed E-state index contributed by atoms with van der Waals surface area (Å²) in [4.78, 5) is 32.2. The second-order valence-electron chi connectivity index (χ2n) is 7.94. The molecular weight excluding hydrogens is 376 g/mol. The van der Waals surface area contributed by atoms with Gasteiger partial charge < -0.3 is 14.8 Å². The van der Waals surface area contributed by atoms with Gasteiger partial charge in [-0.2, -0.15) is 0 Å². The molecule has 1 aliphatic heterocycles. The second-order valence-corrected chi connectivity index (χ2v) is 7.94. The summed E-state index contributed by atoms with van der Waals surface area (Å²) >= 11 is 0. The van der Waals surface area contributed by atoms with E-state index in [-0.39, 0.29) is 24.4 Å². The summed E-state index contributed by atoms with van der Waals surface area (Å²) in [7, 11) is 0. The molecule has 0 radical (unpaired) electrons. The Labute approximate surface area is 176 Å². The summed E-state index contributed by atoms with van der Waals surface area (Å²) in [6.45, 7) is 3.81. The Balaban J connectivity index is 1.54. The fourth-order valence-corrected chi connectivity index (χ4v) is 4.11. The molecular formula is C24H28N4O2. The van der Waals surface area contributed by atoms with E-state index in [1.54, 1.807) is 0 Å². The van der Waals surface area contributed by atoms with Gasteiger partial charge in [-0.3, -0.25) is 9.59 Å².